The number of fused-ring (bicyclic) bond motifs is 1. The summed E-state index contributed by atoms with van der Waals surface area (Å²) in [5, 5.41) is 4.53. The molecule has 0 N–H and O–H groups in total. The van der Waals surface area contributed by atoms with Crippen LogP contribution >= 0.6 is 0 Å². The number of rotatable bonds is 4. The number of carbonyl (C=O) groups excluding carboxylic acids is 1. The number of benzene rings is 2. The molecule has 0 bridgehead atoms. The van der Waals surface area contributed by atoms with Gasteiger partial charge in [-0.05, 0) is 42.0 Å². The molecule has 3 aromatic rings. The van der Waals surface area contributed by atoms with Crippen molar-refractivity contribution in [3.63, 3.8) is 0 Å². The summed E-state index contributed by atoms with van der Waals surface area (Å²) in [6, 6.07) is 16.1. The molecule has 7 nitrogen and oxygen atoms in total. The first-order valence-electron chi connectivity index (χ1n) is 9.80. The molecule has 154 valence electrons. The lowest BCUT2D eigenvalue weighted by molar-refractivity contribution is 0.0827. The maximum atomic E-state index is 12.3. The summed E-state index contributed by atoms with van der Waals surface area (Å²) in [4.78, 5) is 25.9. The van der Waals surface area contributed by atoms with Crippen LogP contribution in [0.5, 0.6) is 11.5 Å². The molecule has 0 saturated heterocycles. The molecule has 2 heterocycles. The lowest BCUT2D eigenvalue weighted by Gasteiger charge is -2.12. The first kappa shape index (κ1) is 19.7. The Kier molecular flexibility index (Phi) is 5.52. The maximum absolute atomic E-state index is 12.3. The minimum absolute atomic E-state index is 0.0618. The van der Waals surface area contributed by atoms with Gasteiger partial charge in [0.05, 0.1) is 25.5 Å². The molecule has 0 spiro atoms. The van der Waals surface area contributed by atoms with Gasteiger partial charge in [-0.25, -0.2) is 4.68 Å². The van der Waals surface area contributed by atoms with Crippen LogP contribution in [0.3, 0.4) is 0 Å². The van der Waals surface area contributed by atoms with Crippen molar-refractivity contribution in [3.8, 4) is 22.8 Å². The van der Waals surface area contributed by atoms with E-state index < -0.39 is 0 Å². The molecule has 7 heteroatoms. The Balaban J connectivity index is 1.59. The van der Waals surface area contributed by atoms with E-state index in [4.69, 9.17) is 9.47 Å². The molecule has 1 aliphatic rings. The first-order chi connectivity index (χ1) is 14.5. The highest BCUT2D eigenvalue weighted by Crippen LogP contribution is 2.33. The van der Waals surface area contributed by atoms with Gasteiger partial charge in [-0.3, -0.25) is 9.59 Å². The quantitative estimate of drug-likeness (QED) is 0.667. The number of hydrogen-bond donors (Lipinski definition) is 0. The minimum Gasteiger partial charge on any atom is -0.490 e. The van der Waals surface area contributed by atoms with Gasteiger partial charge in [-0.1, -0.05) is 12.1 Å². The summed E-state index contributed by atoms with van der Waals surface area (Å²) in [5.74, 6) is 1.34. The van der Waals surface area contributed by atoms with Gasteiger partial charge in [0.1, 0.15) is 0 Å². The van der Waals surface area contributed by atoms with E-state index in [-0.39, 0.29) is 11.5 Å². The second-order valence-corrected chi connectivity index (χ2v) is 7.32. The standard InChI is InChI=1S/C23H23N3O4/c1-25(2)23(28)17-6-4-16(5-7-17)15-26-22(27)11-9-19(24-26)18-8-10-20-21(14-18)30-13-3-12-29-20/h4-11,14H,3,12-13,15H2,1-2H3. The number of amides is 1. The number of ether oxygens (including phenoxy) is 2. The third kappa shape index (κ3) is 4.20. The Morgan fingerprint density at radius 2 is 1.73 bits per heavy atom. The fourth-order valence-corrected chi connectivity index (χ4v) is 3.22. The molecule has 4 rings (SSSR count). The van der Waals surface area contributed by atoms with Crippen LogP contribution < -0.4 is 15.0 Å². The minimum atomic E-state index is -0.193. The highest BCUT2D eigenvalue weighted by atomic mass is 16.5. The third-order valence-corrected chi connectivity index (χ3v) is 4.85. The Labute approximate surface area is 174 Å². The topological polar surface area (TPSA) is 73.7 Å². The molecule has 0 unspecified atom stereocenters. The van der Waals surface area contributed by atoms with E-state index in [1.54, 1.807) is 32.3 Å². The van der Waals surface area contributed by atoms with Crippen LogP contribution in [0.1, 0.15) is 22.3 Å². The molecule has 30 heavy (non-hydrogen) atoms. The fourth-order valence-electron chi connectivity index (χ4n) is 3.22. The largest absolute Gasteiger partial charge is 0.490 e. The predicted octanol–water partition coefficient (Wildman–Crippen LogP) is 2.82. The summed E-state index contributed by atoms with van der Waals surface area (Å²) >= 11 is 0. The van der Waals surface area contributed by atoms with Crippen molar-refractivity contribution in [3.05, 3.63) is 76.1 Å². The number of hydrogen-bond acceptors (Lipinski definition) is 5. The molecular weight excluding hydrogens is 382 g/mol. The zero-order valence-corrected chi connectivity index (χ0v) is 17.0. The van der Waals surface area contributed by atoms with Gasteiger partial charge in [0.25, 0.3) is 11.5 Å². The average molecular weight is 405 g/mol. The zero-order valence-electron chi connectivity index (χ0n) is 17.0. The van der Waals surface area contributed by atoms with Crippen molar-refractivity contribution >= 4 is 5.91 Å². The lowest BCUT2D eigenvalue weighted by Crippen LogP contribution is -2.23. The number of aromatic nitrogens is 2. The molecule has 0 atom stereocenters. The van der Waals surface area contributed by atoms with Crippen LogP contribution in [0.15, 0.2) is 59.4 Å². The molecule has 0 saturated carbocycles. The van der Waals surface area contributed by atoms with Crippen molar-refractivity contribution in [1.82, 2.24) is 14.7 Å². The van der Waals surface area contributed by atoms with Gasteiger partial charge >= 0.3 is 0 Å². The van der Waals surface area contributed by atoms with Crippen LogP contribution in [0.4, 0.5) is 0 Å². The second-order valence-electron chi connectivity index (χ2n) is 7.32. The molecule has 0 radical (unpaired) electrons. The van der Waals surface area contributed by atoms with E-state index in [1.165, 1.54) is 15.6 Å². The van der Waals surface area contributed by atoms with Gasteiger partial charge in [0.2, 0.25) is 0 Å². The maximum Gasteiger partial charge on any atom is 0.267 e. The van der Waals surface area contributed by atoms with Crippen molar-refractivity contribution in [2.75, 3.05) is 27.3 Å². The molecule has 1 aromatic heterocycles. The van der Waals surface area contributed by atoms with Crippen LogP contribution in [0.2, 0.25) is 0 Å². The van der Waals surface area contributed by atoms with E-state index >= 15 is 0 Å². The normalized spacial score (nSPS) is 12.9. The third-order valence-electron chi connectivity index (χ3n) is 4.85. The van der Waals surface area contributed by atoms with Crippen LogP contribution in [0.25, 0.3) is 11.3 Å². The van der Waals surface area contributed by atoms with Crippen molar-refractivity contribution in [2.24, 2.45) is 0 Å². The SMILES string of the molecule is CN(C)C(=O)c1ccc(Cn2nc(-c3ccc4c(c3)OCCCO4)ccc2=O)cc1. The number of carbonyl (C=O) groups is 1. The molecule has 0 aliphatic carbocycles. The lowest BCUT2D eigenvalue weighted by atomic mass is 10.1. The smallest absolute Gasteiger partial charge is 0.267 e. The monoisotopic (exact) mass is 405 g/mol. The van der Waals surface area contributed by atoms with Crippen molar-refractivity contribution in [2.45, 2.75) is 13.0 Å². The van der Waals surface area contributed by atoms with E-state index in [1.807, 2.05) is 30.3 Å². The summed E-state index contributed by atoms with van der Waals surface area (Å²) < 4.78 is 12.8. The summed E-state index contributed by atoms with van der Waals surface area (Å²) in [6.45, 7) is 1.55. The Bertz CT molecular complexity index is 1120. The molecule has 1 amide bonds. The molecule has 1 aliphatic heterocycles. The van der Waals surface area contributed by atoms with Gasteiger partial charge in [0, 0.05) is 37.7 Å². The highest BCUT2D eigenvalue weighted by molar-refractivity contribution is 5.93. The molecular formula is C23H23N3O4. The van der Waals surface area contributed by atoms with Gasteiger partial charge < -0.3 is 14.4 Å². The Morgan fingerprint density at radius 3 is 2.47 bits per heavy atom. The summed E-state index contributed by atoms with van der Waals surface area (Å²) in [5.41, 5.74) is 2.81. The Hall–Kier alpha value is -3.61. The van der Waals surface area contributed by atoms with E-state index in [0.29, 0.717) is 36.8 Å². The summed E-state index contributed by atoms with van der Waals surface area (Å²) in [6.07, 6.45) is 0.839. The molecule has 2 aromatic carbocycles. The van der Waals surface area contributed by atoms with Crippen molar-refractivity contribution < 1.29 is 14.3 Å². The predicted molar refractivity (Wildman–Crippen MR) is 113 cm³/mol. The first-order valence-corrected chi connectivity index (χ1v) is 9.80. The van der Waals surface area contributed by atoms with Crippen LogP contribution in [0, 0.1) is 0 Å². The van der Waals surface area contributed by atoms with Gasteiger partial charge in [0.15, 0.2) is 11.5 Å². The fraction of sp³-hybridized carbons (Fsp3) is 0.261. The summed E-state index contributed by atoms with van der Waals surface area (Å²) in [7, 11) is 3.43. The van der Waals surface area contributed by atoms with Gasteiger partial charge in [-0.2, -0.15) is 5.10 Å². The van der Waals surface area contributed by atoms with Crippen LogP contribution in [-0.2, 0) is 6.54 Å². The number of nitrogens with zero attached hydrogens (tertiary/aromatic N) is 3. The van der Waals surface area contributed by atoms with Crippen LogP contribution in [-0.4, -0.2) is 47.9 Å². The Morgan fingerprint density at radius 1 is 1.00 bits per heavy atom. The average Bonchev–Trinajstić information content (AvgIpc) is 3.00. The zero-order chi connectivity index (χ0) is 21.1. The molecule has 0 fully saturated rings. The van der Waals surface area contributed by atoms with E-state index in [2.05, 4.69) is 5.10 Å². The van der Waals surface area contributed by atoms with E-state index in [9.17, 15) is 9.59 Å². The van der Waals surface area contributed by atoms with E-state index in [0.717, 1.165) is 23.3 Å². The van der Waals surface area contributed by atoms with Crippen molar-refractivity contribution in [1.29, 1.82) is 0 Å². The second kappa shape index (κ2) is 8.41. The highest BCUT2D eigenvalue weighted by Gasteiger charge is 2.13. The van der Waals surface area contributed by atoms with Gasteiger partial charge in [-0.15, -0.1) is 0 Å².